The van der Waals surface area contributed by atoms with Gasteiger partial charge in [-0.2, -0.15) is 4.39 Å². The molecule has 0 aromatic rings. The van der Waals surface area contributed by atoms with E-state index in [1.807, 2.05) is 0 Å². The lowest BCUT2D eigenvalue weighted by atomic mass is 10.4. The highest BCUT2D eigenvalue weighted by Crippen LogP contribution is 2.13. The normalized spacial score (nSPS) is 16.4. The Morgan fingerprint density at radius 3 is 1.89 bits per heavy atom. The smallest absolute Gasteiger partial charge is 0.236 e. The van der Waals surface area contributed by atoms with Gasteiger partial charge in [-0.1, -0.05) is 0 Å². The van der Waals surface area contributed by atoms with Crippen molar-refractivity contribution in [2.75, 3.05) is 0 Å². The van der Waals surface area contributed by atoms with Crippen molar-refractivity contribution in [1.82, 2.24) is 0 Å². The van der Waals surface area contributed by atoms with Gasteiger partial charge in [-0.15, -0.1) is 0 Å². The minimum absolute atomic E-state index is 0.157. The highest BCUT2D eigenvalue weighted by atomic mass is 79.9. The van der Waals surface area contributed by atoms with Crippen LogP contribution in [-0.2, 0) is 0 Å². The topological polar surface area (TPSA) is 0 Å². The van der Waals surface area contributed by atoms with Crippen LogP contribution in [0.5, 0.6) is 0 Å². The van der Waals surface area contributed by atoms with E-state index in [0.29, 0.717) is 0 Å². The first kappa shape index (κ1) is 8.94. The van der Waals surface area contributed by atoms with E-state index in [0.717, 1.165) is 0 Å². The second-order valence-corrected chi connectivity index (χ2v) is 1.99. The Morgan fingerprint density at radius 2 is 1.78 bits per heavy atom. The first-order chi connectivity index (χ1) is 4.04. The Balaban J connectivity index is 3.76. The number of rotatable bonds is 2. The van der Waals surface area contributed by atoms with Crippen LogP contribution >= 0.6 is 15.9 Å². The number of allylic oxidation sites excluding steroid dienone is 1. The first-order valence-electron chi connectivity index (χ1n) is 1.99. The van der Waals surface area contributed by atoms with Crippen LogP contribution < -0.4 is 0 Å². The molecule has 0 bridgehead atoms. The second-order valence-electron chi connectivity index (χ2n) is 1.24. The predicted molar refractivity (Wildman–Crippen MR) is 29.0 cm³/mol. The largest absolute Gasteiger partial charge is 0.273 e. The van der Waals surface area contributed by atoms with Crippen LogP contribution in [0.2, 0.25) is 0 Å². The summed E-state index contributed by atoms with van der Waals surface area (Å²) in [6.07, 6.45) is -5.53. The number of hydrogen-bond donors (Lipinski definition) is 0. The summed E-state index contributed by atoms with van der Waals surface area (Å²) in [6, 6.07) is 0. The molecular weight excluding hydrogens is 204 g/mol. The molecule has 0 saturated heterocycles. The van der Waals surface area contributed by atoms with Crippen LogP contribution in [0.1, 0.15) is 0 Å². The fourth-order valence-electron chi connectivity index (χ4n) is 0.193. The monoisotopic (exact) mass is 206 g/mol. The molecule has 0 aliphatic carbocycles. The zero-order valence-corrected chi connectivity index (χ0v) is 5.71. The summed E-state index contributed by atoms with van der Waals surface area (Å²) in [5.74, 6) is 0. The van der Waals surface area contributed by atoms with Crippen LogP contribution in [0.3, 0.4) is 0 Å². The highest BCUT2D eigenvalue weighted by molar-refractivity contribution is 9.11. The average Bonchev–Trinajstić information content (AvgIpc) is 1.63. The van der Waals surface area contributed by atoms with Gasteiger partial charge in [-0.3, -0.25) is 0 Å². The van der Waals surface area contributed by atoms with Gasteiger partial charge in [0.25, 0.3) is 6.43 Å². The molecule has 0 amide bonds. The Labute approximate surface area is 57.7 Å². The Kier molecular flexibility index (Phi) is 3.84. The third kappa shape index (κ3) is 4.44. The van der Waals surface area contributed by atoms with Crippen molar-refractivity contribution < 1.29 is 17.6 Å². The molecule has 1 atom stereocenters. The lowest BCUT2D eigenvalue weighted by Crippen LogP contribution is -2.07. The summed E-state index contributed by atoms with van der Waals surface area (Å²) in [4.78, 5) is 0. The molecule has 0 aliphatic heterocycles. The summed E-state index contributed by atoms with van der Waals surface area (Å²) >= 11 is 2.16. The number of hydrogen-bond acceptors (Lipinski definition) is 0. The van der Waals surface area contributed by atoms with Crippen molar-refractivity contribution in [2.24, 2.45) is 0 Å². The van der Waals surface area contributed by atoms with Gasteiger partial charge in [0.2, 0.25) is 0 Å². The molecule has 0 heterocycles. The zero-order valence-electron chi connectivity index (χ0n) is 4.12. The van der Waals surface area contributed by atoms with Crippen LogP contribution in [-0.4, -0.2) is 12.6 Å². The zero-order chi connectivity index (χ0) is 7.44. The van der Waals surface area contributed by atoms with Crippen molar-refractivity contribution in [3.63, 3.8) is 0 Å². The maximum atomic E-state index is 11.7. The molecule has 0 spiro atoms. The summed E-state index contributed by atoms with van der Waals surface area (Å²) in [5.41, 5.74) is 0. The maximum Gasteiger partial charge on any atom is 0.273 e. The van der Waals surface area contributed by atoms with Crippen molar-refractivity contribution in [3.05, 3.63) is 10.8 Å². The summed E-state index contributed by atoms with van der Waals surface area (Å²) in [6.45, 7) is 0. The van der Waals surface area contributed by atoms with E-state index in [1.54, 1.807) is 0 Å². The molecule has 5 heteroatoms. The van der Waals surface area contributed by atoms with Crippen LogP contribution in [0.4, 0.5) is 17.6 Å². The van der Waals surface area contributed by atoms with Crippen molar-refractivity contribution in [3.8, 4) is 0 Å². The van der Waals surface area contributed by atoms with Crippen molar-refractivity contribution in [2.45, 2.75) is 12.6 Å². The van der Waals surface area contributed by atoms with E-state index in [9.17, 15) is 17.6 Å². The third-order valence-electron chi connectivity index (χ3n) is 0.526. The van der Waals surface area contributed by atoms with Gasteiger partial charge >= 0.3 is 0 Å². The molecule has 0 fully saturated rings. The van der Waals surface area contributed by atoms with Gasteiger partial charge in [-0.25, -0.2) is 13.2 Å². The summed E-state index contributed by atoms with van der Waals surface area (Å²) in [7, 11) is 0. The van der Waals surface area contributed by atoms with E-state index in [-0.39, 0.29) is 6.08 Å². The molecule has 0 saturated carbocycles. The summed E-state index contributed by atoms with van der Waals surface area (Å²) in [5, 5.41) is 0. The number of halogens is 5. The Morgan fingerprint density at radius 1 is 1.33 bits per heavy atom. The number of alkyl halides is 3. The van der Waals surface area contributed by atoms with Gasteiger partial charge in [0.1, 0.15) is 0 Å². The molecule has 0 radical (unpaired) electrons. The molecule has 0 aliphatic rings. The van der Waals surface area contributed by atoms with E-state index in [2.05, 4.69) is 15.9 Å². The molecule has 0 rings (SSSR count). The van der Waals surface area contributed by atoms with Gasteiger partial charge in [0.15, 0.2) is 10.9 Å². The molecule has 54 valence electrons. The third-order valence-corrected chi connectivity index (χ3v) is 0.790. The van der Waals surface area contributed by atoms with Crippen LogP contribution in [0, 0.1) is 0 Å². The summed E-state index contributed by atoms with van der Waals surface area (Å²) < 4.78 is 44.4. The molecule has 0 aromatic carbocycles. The molecule has 9 heavy (non-hydrogen) atoms. The standard InChI is InChI=1S/C4H3BrF4/c5-3(7)1-2(6)4(8)9/h1-2,4H. The van der Waals surface area contributed by atoms with Gasteiger partial charge in [0.05, 0.1) is 0 Å². The minimum Gasteiger partial charge on any atom is -0.236 e. The fraction of sp³-hybridized carbons (Fsp3) is 0.500. The van der Waals surface area contributed by atoms with E-state index >= 15 is 0 Å². The molecule has 0 N–H and O–H groups in total. The lowest BCUT2D eigenvalue weighted by molar-refractivity contribution is 0.0744. The van der Waals surface area contributed by atoms with E-state index in [4.69, 9.17) is 0 Å². The molecule has 0 aromatic heterocycles. The fourth-order valence-corrected chi connectivity index (χ4v) is 0.446. The molecular formula is C4H3BrF4. The highest BCUT2D eigenvalue weighted by Gasteiger charge is 2.16. The quantitative estimate of drug-likeness (QED) is 0.610. The Bertz CT molecular complexity index is 107. The van der Waals surface area contributed by atoms with Gasteiger partial charge in [0, 0.05) is 0 Å². The van der Waals surface area contributed by atoms with E-state index in [1.165, 1.54) is 0 Å². The molecule has 0 nitrogen and oxygen atoms in total. The first-order valence-corrected chi connectivity index (χ1v) is 2.78. The van der Waals surface area contributed by atoms with Crippen molar-refractivity contribution in [1.29, 1.82) is 0 Å². The van der Waals surface area contributed by atoms with Gasteiger partial charge < -0.3 is 0 Å². The maximum absolute atomic E-state index is 11.7. The molecule has 1 unspecified atom stereocenters. The van der Waals surface area contributed by atoms with Gasteiger partial charge in [-0.05, 0) is 22.0 Å². The lowest BCUT2D eigenvalue weighted by Gasteiger charge is -1.97. The van der Waals surface area contributed by atoms with E-state index < -0.39 is 17.3 Å². The van der Waals surface area contributed by atoms with Crippen LogP contribution in [0.15, 0.2) is 10.8 Å². The SMILES string of the molecule is FC(Br)=CC(F)C(F)F. The second kappa shape index (κ2) is 3.87. The predicted octanol–water partition coefficient (Wildman–Crippen LogP) is 2.80. The average molecular weight is 207 g/mol. The van der Waals surface area contributed by atoms with Crippen LogP contribution in [0.25, 0.3) is 0 Å². The minimum atomic E-state index is -3.16. The Hall–Kier alpha value is -0.0600. The van der Waals surface area contributed by atoms with Crippen molar-refractivity contribution >= 4 is 15.9 Å².